The van der Waals surface area contributed by atoms with Crippen LogP contribution in [0.4, 0.5) is 0 Å². The molecule has 2 unspecified atom stereocenters. The average molecular weight is 249 g/mol. The highest BCUT2D eigenvalue weighted by Crippen LogP contribution is 2.39. The molecule has 8 nitrogen and oxygen atoms in total. The summed E-state index contributed by atoms with van der Waals surface area (Å²) in [5.74, 6) is -0.365. The van der Waals surface area contributed by atoms with Gasteiger partial charge >= 0.3 is 5.97 Å². The van der Waals surface area contributed by atoms with Crippen LogP contribution < -0.4 is 0 Å². The summed E-state index contributed by atoms with van der Waals surface area (Å²) >= 11 is 0. The summed E-state index contributed by atoms with van der Waals surface area (Å²) in [4.78, 5) is 19.2. The summed E-state index contributed by atoms with van der Waals surface area (Å²) in [7, 11) is 0. The number of rotatable bonds is 3. The van der Waals surface area contributed by atoms with Crippen molar-refractivity contribution in [2.24, 2.45) is 5.92 Å². The van der Waals surface area contributed by atoms with Crippen molar-refractivity contribution in [3.63, 3.8) is 0 Å². The molecule has 2 aromatic heterocycles. The van der Waals surface area contributed by atoms with Crippen molar-refractivity contribution >= 4 is 5.97 Å². The minimum Gasteiger partial charge on any atom is -0.481 e. The Morgan fingerprint density at radius 3 is 3.11 bits per heavy atom. The minimum atomic E-state index is -0.808. The van der Waals surface area contributed by atoms with E-state index in [4.69, 9.17) is 9.63 Å². The van der Waals surface area contributed by atoms with Gasteiger partial charge in [-0.2, -0.15) is 10.1 Å². The standard InChI is InChI=1S/C10H11N5O3/c16-10(17)6-3-1-2-5(6)9-13-8(15-18-9)7-11-4-12-14-7/h4-6H,1-3H2,(H,16,17)(H,11,12,14). The van der Waals surface area contributed by atoms with Crippen LogP contribution >= 0.6 is 0 Å². The first-order valence-corrected chi connectivity index (χ1v) is 5.68. The SMILES string of the molecule is O=C(O)C1CCCC1c1nc(-c2ncn[nH]2)no1. The molecule has 94 valence electrons. The minimum absolute atomic E-state index is 0.202. The molecule has 0 bridgehead atoms. The topological polar surface area (TPSA) is 118 Å². The smallest absolute Gasteiger partial charge is 0.307 e. The van der Waals surface area contributed by atoms with Crippen LogP contribution in [0, 0.1) is 5.92 Å². The fourth-order valence-electron chi connectivity index (χ4n) is 2.35. The lowest BCUT2D eigenvalue weighted by molar-refractivity contribution is -0.142. The molecule has 1 aliphatic rings. The van der Waals surface area contributed by atoms with Crippen LogP contribution in [0.3, 0.4) is 0 Å². The Labute approximate surface area is 101 Å². The molecule has 1 fully saturated rings. The number of H-pyrrole nitrogens is 1. The number of nitrogens with zero attached hydrogens (tertiary/aromatic N) is 4. The van der Waals surface area contributed by atoms with Crippen molar-refractivity contribution < 1.29 is 14.4 Å². The van der Waals surface area contributed by atoms with Gasteiger partial charge in [-0.1, -0.05) is 11.6 Å². The molecule has 0 spiro atoms. The lowest BCUT2D eigenvalue weighted by Crippen LogP contribution is -2.17. The van der Waals surface area contributed by atoms with E-state index in [0.29, 0.717) is 24.0 Å². The van der Waals surface area contributed by atoms with Gasteiger partial charge in [0.05, 0.1) is 11.8 Å². The van der Waals surface area contributed by atoms with E-state index in [1.54, 1.807) is 0 Å². The molecule has 0 saturated heterocycles. The van der Waals surface area contributed by atoms with E-state index in [1.807, 2.05) is 0 Å². The molecule has 1 aliphatic carbocycles. The monoisotopic (exact) mass is 249 g/mol. The zero-order valence-electron chi connectivity index (χ0n) is 9.41. The highest BCUT2D eigenvalue weighted by atomic mass is 16.5. The zero-order valence-corrected chi connectivity index (χ0v) is 9.41. The lowest BCUT2D eigenvalue weighted by Gasteiger charge is -2.09. The third-order valence-electron chi connectivity index (χ3n) is 3.22. The Balaban J connectivity index is 1.87. The quantitative estimate of drug-likeness (QED) is 0.826. The molecule has 2 heterocycles. The van der Waals surface area contributed by atoms with Crippen molar-refractivity contribution in [1.29, 1.82) is 0 Å². The second kappa shape index (κ2) is 4.21. The molecule has 0 aliphatic heterocycles. The summed E-state index contributed by atoms with van der Waals surface area (Å²) in [6.45, 7) is 0. The van der Waals surface area contributed by atoms with E-state index in [9.17, 15) is 4.79 Å². The molecule has 0 aromatic carbocycles. The van der Waals surface area contributed by atoms with Crippen molar-refractivity contribution in [2.45, 2.75) is 25.2 Å². The number of hydrogen-bond donors (Lipinski definition) is 2. The number of carbonyl (C=O) groups is 1. The van der Waals surface area contributed by atoms with Crippen LogP contribution in [0.5, 0.6) is 0 Å². The van der Waals surface area contributed by atoms with Gasteiger partial charge < -0.3 is 9.63 Å². The predicted molar refractivity (Wildman–Crippen MR) is 57.4 cm³/mol. The van der Waals surface area contributed by atoms with Gasteiger partial charge in [0.2, 0.25) is 11.7 Å². The van der Waals surface area contributed by atoms with Gasteiger partial charge in [-0.3, -0.25) is 9.89 Å². The maximum absolute atomic E-state index is 11.1. The van der Waals surface area contributed by atoms with E-state index in [0.717, 1.165) is 12.8 Å². The van der Waals surface area contributed by atoms with Gasteiger partial charge in [0.15, 0.2) is 5.82 Å². The molecular weight excluding hydrogens is 238 g/mol. The van der Waals surface area contributed by atoms with E-state index in [1.165, 1.54) is 6.33 Å². The van der Waals surface area contributed by atoms with Gasteiger partial charge in [-0.05, 0) is 12.8 Å². The fourth-order valence-corrected chi connectivity index (χ4v) is 2.35. The highest BCUT2D eigenvalue weighted by Gasteiger charge is 2.37. The first-order valence-electron chi connectivity index (χ1n) is 5.68. The van der Waals surface area contributed by atoms with E-state index >= 15 is 0 Å². The van der Waals surface area contributed by atoms with E-state index in [-0.39, 0.29) is 5.92 Å². The van der Waals surface area contributed by atoms with Crippen LogP contribution in [0.1, 0.15) is 31.1 Å². The molecule has 2 aromatic rings. The number of carboxylic acids is 1. The predicted octanol–water partition coefficient (Wildman–Crippen LogP) is 0.823. The maximum Gasteiger partial charge on any atom is 0.307 e. The third-order valence-corrected chi connectivity index (χ3v) is 3.22. The summed E-state index contributed by atoms with van der Waals surface area (Å²) < 4.78 is 5.14. The van der Waals surface area contributed by atoms with Crippen molar-refractivity contribution in [3.8, 4) is 11.6 Å². The summed E-state index contributed by atoms with van der Waals surface area (Å²) in [5.41, 5.74) is 0. The van der Waals surface area contributed by atoms with Crippen molar-refractivity contribution in [1.82, 2.24) is 25.3 Å². The third kappa shape index (κ3) is 1.75. The first kappa shape index (κ1) is 10.9. The molecule has 0 radical (unpaired) electrons. The van der Waals surface area contributed by atoms with E-state index < -0.39 is 11.9 Å². The second-order valence-electron chi connectivity index (χ2n) is 4.27. The Hall–Kier alpha value is -2.25. The molecule has 0 amide bonds. The average Bonchev–Trinajstić information content (AvgIpc) is 3.10. The Morgan fingerprint density at radius 2 is 2.39 bits per heavy atom. The summed E-state index contributed by atoms with van der Waals surface area (Å²) in [6.07, 6.45) is 3.62. The number of aromatic nitrogens is 5. The molecule has 3 rings (SSSR count). The van der Waals surface area contributed by atoms with Gasteiger partial charge in [0.1, 0.15) is 6.33 Å². The van der Waals surface area contributed by atoms with Gasteiger partial charge in [0, 0.05) is 0 Å². The zero-order chi connectivity index (χ0) is 12.5. The molecule has 2 N–H and O–H groups in total. The first-order chi connectivity index (χ1) is 8.75. The number of aliphatic carboxylic acids is 1. The number of hydrogen-bond acceptors (Lipinski definition) is 6. The summed E-state index contributed by atoms with van der Waals surface area (Å²) in [6, 6.07) is 0. The van der Waals surface area contributed by atoms with Crippen LogP contribution in [-0.2, 0) is 4.79 Å². The molecule has 18 heavy (non-hydrogen) atoms. The van der Waals surface area contributed by atoms with Gasteiger partial charge in [-0.15, -0.1) is 0 Å². The molecule has 2 atom stereocenters. The normalized spacial score (nSPS) is 23.3. The maximum atomic E-state index is 11.1. The Morgan fingerprint density at radius 1 is 1.50 bits per heavy atom. The van der Waals surface area contributed by atoms with Crippen LogP contribution in [-0.4, -0.2) is 36.4 Å². The van der Waals surface area contributed by atoms with Gasteiger partial charge in [-0.25, -0.2) is 4.98 Å². The lowest BCUT2D eigenvalue weighted by atomic mass is 9.96. The van der Waals surface area contributed by atoms with Crippen LogP contribution in [0.15, 0.2) is 10.9 Å². The molecule has 1 saturated carbocycles. The fraction of sp³-hybridized carbons (Fsp3) is 0.500. The van der Waals surface area contributed by atoms with Crippen LogP contribution in [0.25, 0.3) is 11.6 Å². The van der Waals surface area contributed by atoms with E-state index in [2.05, 4.69) is 25.3 Å². The number of carboxylic acid groups (broad SMARTS) is 1. The van der Waals surface area contributed by atoms with Crippen molar-refractivity contribution in [2.75, 3.05) is 0 Å². The highest BCUT2D eigenvalue weighted by molar-refractivity contribution is 5.71. The molecule has 8 heteroatoms. The number of nitrogens with one attached hydrogen (secondary N) is 1. The second-order valence-corrected chi connectivity index (χ2v) is 4.27. The van der Waals surface area contributed by atoms with Crippen molar-refractivity contribution in [3.05, 3.63) is 12.2 Å². The van der Waals surface area contributed by atoms with Crippen LogP contribution in [0.2, 0.25) is 0 Å². The van der Waals surface area contributed by atoms with Gasteiger partial charge in [0.25, 0.3) is 0 Å². The Kier molecular flexibility index (Phi) is 2.54. The largest absolute Gasteiger partial charge is 0.481 e. The molecular formula is C10H11N5O3. The Bertz CT molecular complexity index is 550. The summed E-state index contributed by atoms with van der Waals surface area (Å²) in [5, 5.41) is 19.2. The number of aromatic amines is 1.